The zero-order valence-corrected chi connectivity index (χ0v) is 10.3. The van der Waals surface area contributed by atoms with Crippen LogP contribution in [0.2, 0.25) is 5.15 Å². The van der Waals surface area contributed by atoms with E-state index >= 15 is 0 Å². The number of aliphatic hydroxyl groups is 1. The second kappa shape index (κ2) is 4.28. The molecule has 1 N–H and O–H groups in total. The molecule has 2 heterocycles. The molecule has 0 aliphatic carbocycles. The number of halogens is 1. The normalized spacial score (nSPS) is 19.5. The number of hydrogen-bond acceptors (Lipinski definition) is 4. The molecule has 0 amide bonds. The molecule has 1 fully saturated rings. The van der Waals surface area contributed by atoms with Crippen molar-refractivity contribution in [3.8, 4) is 0 Å². The lowest BCUT2D eigenvalue weighted by Crippen LogP contribution is -2.60. The summed E-state index contributed by atoms with van der Waals surface area (Å²) in [6.45, 7) is 5.94. The first-order valence-electron chi connectivity index (χ1n) is 5.45. The van der Waals surface area contributed by atoms with E-state index in [0.29, 0.717) is 24.8 Å². The van der Waals surface area contributed by atoms with E-state index in [2.05, 4.69) is 14.9 Å². The summed E-state index contributed by atoms with van der Waals surface area (Å²) in [4.78, 5) is 10.6. The molecule has 1 saturated heterocycles. The number of rotatable bonds is 3. The van der Waals surface area contributed by atoms with Gasteiger partial charge in [0.25, 0.3) is 0 Å². The third-order valence-electron chi connectivity index (χ3n) is 2.93. The second-order valence-electron chi connectivity index (χ2n) is 4.47. The fourth-order valence-electron chi connectivity index (χ4n) is 1.98. The van der Waals surface area contributed by atoms with Crippen molar-refractivity contribution in [2.24, 2.45) is 0 Å². The van der Waals surface area contributed by atoms with Gasteiger partial charge in [-0.2, -0.15) is 0 Å². The van der Waals surface area contributed by atoms with Gasteiger partial charge in [-0.1, -0.05) is 18.5 Å². The lowest BCUT2D eigenvalue weighted by Gasteiger charge is -2.45. The van der Waals surface area contributed by atoms with Gasteiger partial charge in [-0.25, -0.2) is 9.97 Å². The number of β-amino-alcohol motifs (C(OH)–C–C–N with tert-alkyl or cyclic N) is 1. The Morgan fingerprint density at radius 3 is 2.75 bits per heavy atom. The van der Waals surface area contributed by atoms with Crippen LogP contribution < -0.4 is 0 Å². The van der Waals surface area contributed by atoms with Crippen LogP contribution in [0.1, 0.15) is 24.9 Å². The van der Waals surface area contributed by atoms with Gasteiger partial charge in [-0.15, -0.1) is 0 Å². The van der Waals surface area contributed by atoms with Crippen LogP contribution in [0.5, 0.6) is 0 Å². The van der Waals surface area contributed by atoms with Gasteiger partial charge >= 0.3 is 0 Å². The summed E-state index contributed by atoms with van der Waals surface area (Å²) >= 11 is 5.86. The van der Waals surface area contributed by atoms with E-state index in [9.17, 15) is 5.11 Å². The lowest BCUT2D eigenvalue weighted by molar-refractivity contribution is -0.104. The Bertz CT molecular complexity index is 371. The molecule has 0 spiro atoms. The molecule has 2 rings (SSSR count). The van der Waals surface area contributed by atoms with Crippen molar-refractivity contribution in [2.75, 3.05) is 13.1 Å². The fraction of sp³-hybridized carbons (Fsp3) is 0.636. The van der Waals surface area contributed by atoms with Crippen LogP contribution in [0.15, 0.2) is 6.07 Å². The average molecular weight is 242 g/mol. The maximum atomic E-state index is 9.87. The Morgan fingerprint density at radius 2 is 2.19 bits per heavy atom. The topological polar surface area (TPSA) is 49.2 Å². The standard InChI is InChI=1S/C11H16ClN3O/c1-3-11(16)6-15(7-11)5-10-13-8(2)4-9(12)14-10/h4,16H,3,5-7H2,1-2H3. The van der Waals surface area contributed by atoms with Gasteiger partial charge < -0.3 is 5.11 Å². The molecule has 0 saturated carbocycles. The van der Waals surface area contributed by atoms with Gasteiger partial charge in [0.05, 0.1) is 12.1 Å². The fourth-order valence-corrected chi connectivity index (χ4v) is 2.24. The monoisotopic (exact) mass is 241 g/mol. The van der Waals surface area contributed by atoms with Crippen LogP contribution in [0.3, 0.4) is 0 Å². The van der Waals surface area contributed by atoms with Gasteiger partial charge in [0, 0.05) is 18.8 Å². The minimum absolute atomic E-state index is 0.480. The largest absolute Gasteiger partial charge is 0.387 e. The molecule has 16 heavy (non-hydrogen) atoms. The third kappa shape index (κ3) is 2.51. The lowest BCUT2D eigenvalue weighted by atomic mass is 9.91. The summed E-state index contributed by atoms with van der Waals surface area (Å²) in [6.07, 6.45) is 0.791. The highest BCUT2D eigenvalue weighted by molar-refractivity contribution is 6.29. The molecule has 0 unspecified atom stereocenters. The van der Waals surface area contributed by atoms with Gasteiger partial charge in [-0.05, 0) is 19.4 Å². The first-order valence-corrected chi connectivity index (χ1v) is 5.83. The Labute approximate surface area is 100 Å². The van der Waals surface area contributed by atoms with Crippen LogP contribution in [0, 0.1) is 6.92 Å². The van der Waals surface area contributed by atoms with Gasteiger partial charge in [0.15, 0.2) is 0 Å². The minimum Gasteiger partial charge on any atom is -0.387 e. The Morgan fingerprint density at radius 1 is 1.50 bits per heavy atom. The van der Waals surface area contributed by atoms with E-state index in [-0.39, 0.29) is 0 Å². The molecule has 0 radical (unpaired) electrons. The molecule has 0 aromatic carbocycles. The number of hydrogen-bond donors (Lipinski definition) is 1. The molecular weight excluding hydrogens is 226 g/mol. The van der Waals surface area contributed by atoms with Crippen molar-refractivity contribution in [3.05, 3.63) is 22.7 Å². The van der Waals surface area contributed by atoms with E-state index in [0.717, 1.165) is 17.9 Å². The maximum Gasteiger partial charge on any atom is 0.144 e. The summed E-state index contributed by atoms with van der Waals surface area (Å²) in [5, 5.41) is 10.3. The zero-order valence-electron chi connectivity index (χ0n) is 9.57. The van der Waals surface area contributed by atoms with Crippen LogP contribution in [0.25, 0.3) is 0 Å². The molecule has 5 heteroatoms. The number of likely N-dealkylation sites (tertiary alicyclic amines) is 1. The Kier molecular flexibility index (Phi) is 3.15. The van der Waals surface area contributed by atoms with E-state index in [1.54, 1.807) is 6.07 Å². The van der Waals surface area contributed by atoms with Crippen molar-refractivity contribution in [3.63, 3.8) is 0 Å². The predicted octanol–water partition coefficient (Wildman–Crippen LogP) is 1.40. The van der Waals surface area contributed by atoms with Crippen molar-refractivity contribution >= 4 is 11.6 Å². The quantitative estimate of drug-likeness (QED) is 0.813. The molecule has 0 atom stereocenters. The molecule has 1 aliphatic heterocycles. The number of aryl methyl sites for hydroxylation is 1. The highest BCUT2D eigenvalue weighted by atomic mass is 35.5. The number of aromatic nitrogens is 2. The molecule has 0 bridgehead atoms. The summed E-state index contributed by atoms with van der Waals surface area (Å²) in [6, 6.07) is 1.74. The Hall–Kier alpha value is -0.710. The SMILES string of the molecule is CCC1(O)CN(Cc2nc(C)cc(Cl)n2)C1. The second-order valence-corrected chi connectivity index (χ2v) is 4.86. The van der Waals surface area contributed by atoms with E-state index in [1.165, 1.54) is 0 Å². The number of nitrogens with zero attached hydrogens (tertiary/aromatic N) is 3. The van der Waals surface area contributed by atoms with Gasteiger partial charge in [0.2, 0.25) is 0 Å². The van der Waals surface area contributed by atoms with E-state index in [1.807, 2.05) is 13.8 Å². The highest BCUT2D eigenvalue weighted by Gasteiger charge is 2.39. The summed E-state index contributed by atoms with van der Waals surface area (Å²) in [5.41, 5.74) is 0.370. The zero-order chi connectivity index (χ0) is 11.8. The first kappa shape index (κ1) is 11.8. The molecule has 4 nitrogen and oxygen atoms in total. The van der Waals surface area contributed by atoms with Crippen molar-refractivity contribution in [1.82, 2.24) is 14.9 Å². The van der Waals surface area contributed by atoms with Crippen LogP contribution in [0.4, 0.5) is 0 Å². The van der Waals surface area contributed by atoms with Crippen molar-refractivity contribution in [2.45, 2.75) is 32.4 Å². The van der Waals surface area contributed by atoms with Crippen LogP contribution in [-0.4, -0.2) is 38.7 Å². The van der Waals surface area contributed by atoms with Crippen molar-refractivity contribution < 1.29 is 5.11 Å². The van der Waals surface area contributed by atoms with Gasteiger partial charge in [-0.3, -0.25) is 4.90 Å². The van der Waals surface area contributed by atoms with Gasteiger partial charge in [0.1, 0.15) is 11.0 Å². The maximum absolute atomic E-state index is 9.87. The van der Waals surface area contributed by atoms with Crippen molar-refractivity contribution in [1.29, 1.82) is 0 Å². The average Bonchev–Trinajstić information content (AvgIpc) is 2.13. The van der Waals surface area contributed by atoms with Crippen LogP contribution >= 0.6 is 11.6 Å². The molecule has 88 valence electrons. The highest BCUT2D eigenvalue weighted by Crippen LogP contribution is 2.25. The van der Waals surface area contributed by atoms with E-state index < -0.39 is 5.60 Å². The molecule has 1 aromatic rings. The Balaban J connectivity index is 1.96. The smallest absolute Gasteiger partial charge is 0.144 e. The minimum atomic E-state index is -0.506. The molecular formula is C11H16ClN3O. The summed E-state index contributed by atoms with van der Waals surface area (Å²) in [7, 11) is 0. The molecule has 1 aliphatic rings. The van der Waals surface area contributed by atoms with Crippen LogP contribution in [-0.2, 0) is 6.54 Å². The predicted molar refractivity (Wildman–Crippen MR) is 62.3 cm³/mol. The van der Waals surface area contributed by atoms with E-state index in [4.69, 9.17) is 11.6 Å². The molecule has 1 aromatic heterocycles. The third-order valence-corrected chi connectivity index (χ3v) is 3.12. The summed E-state index contributed by atoms with van der Waals surface area (Å²) < 4.78 is 0. The first-order chi connectivity index (χ1) is 7.50. The summed E-state index contributed by atoms with van der Waals surface area (Å²) in [5.74, 6) is 0.725.